The Morgan fingerprint density at radius 1 is 1.43 bits per heavy atom. The van der Waals surface area contributed by atoms with E-state index >= 15 is 0 Å². The van der Waals surface area contributed by atoms with Crippen LogP contribution in [0.3, 0.4) is 0 Å². The van der Waals surface area contributed by atoms with E-state index in [9.17, 15) is 5.11 Å². The van der Waals surface area contributed by atoms with Crippen molar-refractivity contribution in [2.75, 3.05) is 0 Å². The predicted octanol–water partition coefficient (Wildman–Crippen LogP) is 1.80. The van der Waals surface area contributed by atoms with E-state index in [4.69, 9.17) is 0 Å². The Bertz CT molecular complexity index is 473. The number of aromatic hydroxyl groups is 1. The van der Waals surface area contributed by atoms with Gasteiger partial charge in [-0.3, -0.25) is 0 Å². The van der Waals surface area contributed by atoms with Crippen LogP contribution in [0, 0.1) is 0 Å². The number of fused-ring (bicyclic) bond motifs is 1. The lowest BCUT2D eigenvalue weighted by Crippen LogP contribution is -1.96. The molecule has 0 aromatic carbocycles. The van der Waals surface area contributed by atoms with E-state index in [1.807, 2.05) is 25.5 Å². The van der Waals surface area contributed by atoms with Crippen molar-refractivity contribution in [3.63, 3.8) is 0 Å². The normalized spacial score (nSPS) is 11.4. The second kappa shape index (κ2) is 2.97. The van der Waals surface area contributed by atoms with Crippen molar-refractivity contribution < 1.29 is 5.11 Å². The molecule has 2 aromatic rings. The molecule has 2 aromatic heterocycles. The first-order chi connectivity index (χ1) is 6.59. The average molecular weight is 191 g/mol. The molecular weight excluding hydrogens is 178 g/mol. The highest BCUT2D eigenvalue weighted by Crippen LogP contribution is 2.26. The third kappa shape index (κ3) is 1.23. The molecule has 2 rings (SSSR count). The van der Waals surface area contributed by atoms with Crippen LogP contribution >= 0.6 is 0 Å². The zero-order valence-corrected chi connectivity index (χ0v) is 8.52. The van der Waals surface area contributed by atoms with Gasteiger partial charge in [-0.2, -0.15) is 0 Å². The van der Waals surface area contributed by atoms with E-state index in [1.54, 1.807) is 12.4 Å². The number of pyridine rings is 1. The molecule has 0 saturated heterocycles. The first kappa shape index (κ1) is 8.99. The Balaban J connectivity index is 2.74. The van der Waals surface area contributed by atoms with E-state index in [0.29, 0.717) is 0 Å². The van der Waals surface area contributed by atoms with E-state index in [-0.39, 0.29) is 11.7 Å². The van der Waals surface area contributed by atoms with Crippen LogP contribution < -0.4 is 0 Å². The largest absolute Gasteiger partial charge is 0.506 e. The molecular formula is C10H13N3O. The van der Waals surface area contributed by atoms with Crippen LogP contribution in [0.25, 0.3) is 11.2 Å². The summed E-state index contributed by atoms with van der Waals surface area (Å²) in [5.74, 6) is 0.445. The molecule has 0 atom stereocenters. The van der Waals surface area contributed by atoms with E-state index in [0.717, 1.165) is 16.9 Å². The third-order valence-corrected chi connectivity index (χ3v) is 2.24. The van der Waals surface area contributed by atoms with Gasteiger partial charge in [-0.25, -0.2) is 9.97 Å². The standard InChI is InChI=1S/C10H13N3O/c1-6(2)9-8(14)4-7-10(12-9)13(3)5-11-7/h4-6,14H,1-3H3. The van der Waals surface area contributed by atoms with Gasteiger partial charge < -0.3 is 9.67 Å². The maximum absolute atomic E-state index is 9.68. The van der Waals surface area contributed by atoms with E-state index in [2.05, 4.69) is 9.97 Å². The zero-order chi connectivity index (χ0) is 10.3. The fraction of sp³-hybridized carbons (Fsp3) is 0.400. The molecule has 0 radical (unpaired) electrons. The summed E-state index contributed by atoms with van der Waals surface area (Å²) in [6.07, 6.45) is 1.70. The molecule has 0 aliphatic carbocycles. The monoisotopic (exact) mass is 191 g/mol. The van der Waals surface area contributed by atoms with Gasteiger partial charge in [0.25, 0.3) is 0 Å². The molecule has 0 fully saturated rings. The summed E-state index contributed by atoms with van der Waals surface area (Å²) in [6, 6.07) is 1.66. The Kier molecular flexibility index (Phi) is 1.91. The highest BCUT2D eigenvalue weighted by molar-refractivity contribution is 5.73. The minimum atomic E-state index is 0.217. The molecule has 0 bridgehead atoms. The van der Waals surface area contributed by atoms with Crippen LogP contribution in [0.4, 0.5) is 0 Å². The molecule has 74 valence electrons. The summed E-state index contributed by atoms with van der Waals surface area (Å²) >= 11 is 0. The Labute approximate surface area is 82.2 Å². The molecule has 1 N–H and O–H groups in total. The Hall–Kier alpha value is -1.58. The minimum Gasteiger partial charge on any atom is -0.506 e. The highest BCUT2D eigenvalue weighted by Gasteiger charge is 2.11. The lowest BCUT2D eigenvalue weighted by atomic mass is 10.1. The maximum atomic E-state index is 9.68. The van der Waals surface area contributed by atoms with Crippen LogP contribution in [0.1, 0.15) is 25.5 Å². The van der Waals surface area contributed by atoms with Gasteiger partial charge in [-0.05, 0) is 5.92 Å². The first-order valence-corrected chi connectivity index (χ1v) is 4.60. The smallest absolute Gasteiger partial charge is 0.160 e. The van der Waals surface area contributed by atoms with Crippen molar-refractivity contribution in [2.24, 2.45) is 7.05 Å². The van der Waals surface area contributed by atoms with E-state index in [1.165, 1.54) is 0 Å². The molecule has 0 aliphatic heterocycles. The summed E-state index contributed by atoms with van der Waals surface area (Å²) in [5, 5.41) is 9.68. The van der Waals surface area contributed by atoms with Crippen molar-refractivity contribution in [1.29, 1.82) is 0 Å². The first-order valence-electron chi connectivity index (χ1n) is 4.60. The number of imidazole rings is 1. The Morgan fingerprint density at radius 3 is 2.79 bits per heavy atom. The molecule has 0 spiro atoms. The number of aromatic nitrogens is 3. The number of rotatable bonds is 1. The topological polar surface area (TPSA) is 50.9 Å². The molecule has 14 heavy (non-hydrogen) atoms. The summed E-state index contributed by atoms with van der Waals surface area (Å²) in [4.78, 5) is 8.50. The number of nitrogens with zero attached hydrogens (tertiary/aromatic N) is 3. The summed E-state index contributed by atoms with van der Waals surface area (Å²) in [5.41, 5.74) is 2.27. The second-order valence-electron chi connectivity index (χ2n) is 3.75. The lowest BCUT2D eigenvalue weighted by molar-refractivity contribution is 0.461. The molecule has 0 unspecified atom stereocenters. The van der Waals surface area contributed by atoms with Crippen molar-refractivity contribution in [3.05, 3.63) is 18.1 Å². The van der Waals surface area contributed by atoms with Gasteiger partial charge in [0.1, 0.15) is 11.3 Å². The van der Waals surface area contributed by atoms with Gasteiger partial charge >= 0.3 is 0 Å². The van der Waals surface area contributed by atoms with Crippen molar-refractivity contribution in [1.82, 2.24) is 14.5 Å². The molecule has 0 saturated carbocycles. The fourth-order valence-corrected chi connectivity index (χ4v) is 1.48. The van der Waals surface area contributed by atoms with Crippen molar-refractivity contribution >= 4 is 11.2 Å². The molecule has 4 nitrogen and oxygen atoms in total. The van der Waals surface area contributed by atoms with Crippen LogP contribution in [0.15, 0.2) is 12.4 Å². The van der Waals surface area contributed by atoms with Crippen LogP contribution in [0.2, 0.25) is 0 Å². The van der Waals surface area contributed by atoms with Crippen LogP contribution in [-0.2, 0) is 7.05 Å². The van der Waals surface area contributed by atoms with Crippen molar-refractivity contribution in [3.8, 4) is 5.75 Å². The number of aryl methyl sites for hydroxylation is 1. The quantitative estimate of drug-likeness (QED) is 0.747. The van der Waals surface area contributed by atoms with Crippen molar-refractivity contribution in [2.45, 2.75) is 19.8 Å². The molecule has 0 amide bonds. The van der Waals surface area contributed by atoms with Gasteiger partial charge in [0.05, 0.1) is 12.0 Å². The van der Waals surface area contributed by atoms with Gasteiger partial charge in [0, 0.05) is 13.1 Å². The minimum absolute atomic E-state index is 0.217. The SMILES string of the molecule is CC(C)c1nc2c(cc1O)ncn2C. The van der Waals surface area contributed by atoms with Gasteiger partial charge in [0.2, 0.25) is 0 Å². The number of hydrogen-bond acceptors (Lipinski definition) is 3. The molecule has 4 heteroatoms. The van der Waals surface area contributed by atoms with Gasteiger partial charge in [0.15, 0.2) is 5.65 Å². The van der Waals surface area contributed by atoms with Crippen LogP contribution in [-0.4, -0.2) is 19.6 Å². The third-order valence-electron chi connectivity index (χ3n) is 2.24. The second-order valence-corrected chi connectivity index (χ2v) is 3.75. The highest BCUT2D eigenvalue weighted by atomic mass is 16.3. The van der Waals surface area contributed by atoms with Gasteiger partial charge in [-0.15, -0.1) is 0 Å². The summed E-state index contributed by atoms with van der Waals surface area (Å²) in [6.45, 7) is 4.01. The Morgan fingerprint density at radius 2 is 2.14 bits per heavy atom. The fourth-order valence-electron chi connectivity index (χ4n) is 1.48. The predicted molar refractivity (Wildman–Crippen MR) is 54.3 cm³/mol. The maximum Gasteiger partial charge on any atom is 0.160 e. The molecule has 0 aliphatic rings. The van der Waals surface area contributed by atoms with E-state index < -0.39 is 0 Å². The average Bonchev–Trinajstić information content (AvgIpc) is 2.46. The van der Waals surface area contributed by atoms with Gasteiger partial charge in [-0.1, -0.05) is 13.8 Å². The summed E-state index contributed by atoms with van der Waals surface area (Å²) in [7, 11) is 1.89. The lowest BCUT2D eigenvalue weighted by Gasteiger charge is -2.06. The summed E-state index contributed by atoms with van der Waals surface area (Å²) < 4.78 is 1.85. The zero-order valence-electron chi connectivity index (χ0n) is 8.52. The number of hydrogen-bond donors (Lipinski definition) is 1. The molecule has 2 heterocycles. The van der Waals surface area contributed by atoms with Crippen LogP contribution in [0.5, 0.6) is 5.75 Å².